The van der Waals surface area contributed by atoms with Gasteiger partial charge in [0, 0.05) is 11.3 Å². The predicted molar refractivity (Wildman–Crippen MR) is 95.7 cm³/mol. The van der Waals surface area contributed by atoms with E-state index in [2.05, 4.69) is 13.8 Å². The fourth-order valence-electron chi connectivity index (χ4n) is 3.80. The molecule has 2 bridgehead atoms. The Morgan fingerprint density at radius 3 is 2.23 bits per heavy atom. The first kappa shape index (κ1) is 18.8. The number of hydrogen-bond donors (Lipinski definition) is 0. The highest BCUT2D eigenvalue weighted by molar-refractivity contribution is 8.13. The van der Waals surface area contributed by atoms with E-state index in [1.165, 1.54) is 11.1 Å². The molecule has 0 aromatic rings. The van der Waals surface area contributed by atoms with Crippen molar-refractivity contribution in [2.45, 2.75) is 71.0 Å². The molecule has 2 aliphatic heterocycles. The molecule has 128 valence electrons. The van der Waals surface area contributed by atoms with E-state index in [4.69, 9.17) is 25.4 Å². The first-order valence-corrected chi connectivity index (χ1v) is 12.5. The lowest BCUT2D eigenvalue weighted by molar-refractivity contribution is 0.210. The second-order valence-corrected chi connectivity index (χ2v) is 13.0. The van der Waals surface area contributed by atoms with Gasteiger partial charge in [-0.2, -0.15) is 0 Å². The van der Waals surface area contributed by atoms with Crippen molar-refractivity contribution in [3.8, 4) is 0 Å². The summed E-state index contributed by atoms with van der Waals surface area (Å²) in [4.78, 5) is 0. The highest BCUT2D eigenvalue weighted by Crippen LogP contribution is 2.79. The molecule has 2 aliphatic rings. The Balaban J connectivity index is 2.42. The summed E-state index contributed by atoms with van der Waals surface area (Å²) in [6.45, 7) is 12.8. The van der Waals surface area contributed by atoms with E-state index in [1.54, 1.807) is 0 Å². The second-order valence-electron chi connectivity index (χ2n) is 6.30. The Kier molecular flexibility index (Phi) is 5.81. The normalized spacial score (nSPS) is 35.0. The predicted octanol–water partition coefficient (Wildman–Crippen LogP) is 4.93. The van der Waals surface area contributed by atoms with Crippen LogP contribution in [-0.4, -0.2) is 36.3 Å². The molecule has 0 aromatic heterocycles. The second kappa shape index (κ2) is 6.78. The fourth-order valence-corrected chi connectivity index (χ4v) is 13.6. The zero-order valence-electron chi connectivity index (χ0n) is 14.4. The average Bonchev–Trinajstić information content (AvgIpc) is 2.77. The minimum absolute atomic E-state index is 0.0406. The third-order valence-electron chi connectivity index (χ3n) is 4.62. The number of fused-ring (bicyclic) bond motifs is 2. The maximum absolute atomic E-state index is 13.3. The highest BCUT2D eigenvalue weighted by atomic mass is 32.4. The van der Waals surface area contributed by atoms with Crippen LogP contribution in [0.25, 0.3) is 0 Å². The van der Waals surface area contributed by atoms with Crippen LogP contribution in [0.3, 0.4) is 0 Å². The van der Waals surface area contributed by atoms with Crippen molar-refractivity contribution in [2.75, 3.05) is 13.2 Å². The summed E-state index contributed by atoms with van der Waals surface area (Å²) < 4.78 is 30.8. The summed E-state index contributed by atoms with van der Waals surface area (Å²) in [5, 5.41) is 0. The Morgan fingerprint density at radius 2 is 1.77 bits per heavy atom. The minimum Gasteiger partial charge on any atom is -0.347 e. The van der Waals surface area contributed by atoms with Gasteiger partial charge in [-0.05, 0) is 48.0 Å². The van der Waals surface area contributed by atoms with Gasteiger partial charge in [0.25, 0.3) is 0 Å². The molecule has 2 heterocycles. The van der Waals surface area contributed by atoms with Gasteiger partial charge in [0.15, 0.2) is 0 Å². The Hall–Kier alpha value is 0.500. The minimum atomic E-state index is -3.15. The molecule has 0 N–H and O–H groups in total. The van der Waals surface area contributed by atoms with E-state index in [1.807, 2.05) is 27.7 Å². The zero-order valence-corrected chi connectivity index (χ0v) is 17.0. The SMILES string of the molecule is CCOP(=O)(OCC)[C@H]1C[C@H]2C(C)=C(C)[C@@H]1P2(=S)OC(C)C. The average molecular weight is 366 g/mol. The van der Waals surface area contributed by atoms with Crippen LogP contribution in [0.15, 0.2) is 11.1 Å². The number of rotatable bonds is 7. The third-order valence-corrected chi connectivity index (χ3v) is 12.9. The first-order chi connectivity index (χ1) is 10.2. The van der Waals surface area contributed by atoms with E-state index in [0.717, 1.165) is 6.42 Å². The van der Waals surface area contributed by atoms with Crippen molar-refractivity contribution >= 4 is 25.7 Å². The molecular weight excluding hydrogens is 338 g/mol. The lowest BCUT2D eigenvalue weighted by Crippen LogP contribution is -2.26. The molecule has 0 aromatic carbocycles. The van der Waals surface area contributed by atoms with Gasteiger partial charge in [-0.3, -0.25) is 4.57 Å². The standard InChI is InChI=1S/C15H28O4P2S/c1-7-17-21(16,18-8-2)14-9-13-11(5)12(6)15(14)20(13,22)19-10(3)4/h10,13-15H,7-9H2,1-6H3/t13-,14-,15-,20?/m0/s1. The molecule has 1 saturated heterocycles. The molecule has 0 saturated carbocycles. The summed E-state index contributed by atoms with van der Waals surface area (Å²) in [7, 11) is -3.15. The van der Waals surface area contributed by atoms with Gasteiger partial charge in [0.1, 0.15) is 0 Å². The molecule has 0 amide bonds. The van der Waals surface area contributed by atoms with Crippen molar-refractivity contribution < 1.29 is 18.1 Å². The van der Waals surface area contributed by atoms with Crippen LogP contribution in [0.4, 0.5) is 0 Å². The first-order valence-electron chi connectivity index (χ1n) is 8.05. The summed E-state index contributed by atoms with van der Waals surface area (Å²) in [6, 6.07) is 0. The van der Waals surface area contributed by atoms with Crippen LogP contribution in [-0.2, 0) is 29.9 Å². The van der Waals surface area contributed by atoms with Gasteiger partial charge >= 0.3 is 7.60 Å². The van der Waals surface area contributed by atoms with Crippen molar-refractivity contribution in [2.24, 2.45) is 0 Å². The Bertz CT molecular complexity index is 548. The number of allylic oxidation sites excluding steroid dienone is 2. The number of hydrogen-bond acceptors (Lipinski definition) is 5. The van der Waals surface area contributed by atoms with Gasteiger partial charge in [-0.15, -0.1) is 0 Å². The van der Waals surface area contributed by atoms with E-state index >= 15 is 0 Å². The molecule has 1 fully saturated rings. The van der Waals surface area contributed by atoms with Crippen molar-refractivity contribution in [3.63, 3.8) is 0 Å². The lowest BCUT2D eigenvalue weighted by atomic mass is 9.94. The summed E-state index contributed by atoms with van der Waals surface area (Å²) >= 11 is 6.03. The molecule has 0 aliphatic carbocycles. The molecule has 4 atom stereocenters. The van der Waals surface area contributed by atoms with Crippen LogP contribution in [0.5, 0.6) is 0 Å². The van der Waals surface area contributed by atoms with Crippen LogP contribution >= 0.6 is 13.9 Å². The fraction of sp³-hybridized carbons (Fsp3) is 0.867. The van der Waals surface area contributed by atoms with Gasteiger partial charge in [0.2, 0.25) is 0 Å². The maximum atomic E-state index is 13.3. The molecule has 22 heavy (non-hydrogen) atoms. The summed E-state index contributed by atoms with van der Waals surface area (Å²) in [5.41, 5.74) is 2.72. The summed E-state index contributed by atoms with van der Waals surface area (Å²) in [5.74, 6) is 0. The Morgan fingerprint density at radius 1 is 1.23 bits per heavy atom. The van der Waals surface area contributed by atoms with Crippen molar-refractivity contribution in [1.29, 1.82) is 0 Å². The summed E-state index contributed by atoms with van der Waals surface area (Å²) in [6.07, 6.45) is -1.22. The van der Waals surface area contributed by atoms with Crippen LogP contribution < -0.4 is 0 Å². The van der Waals surface area contributed by atoms with E-state index in [0.29, 0.717) is 13.2 Å². The molecular formula is C15H28O4P2S. The van der Waals surface area contributed by atoms with E-state index in [9.17, 15) is 4.57 Å². The van der Waals surface area contributed by atoms with Crippen LogP contribution in [0, 0.1) is 0 Å². The quantitative estimate of drug-likeness (QED) is 0.472. The zero-order chi connectivity index (χ0) is 16.7. The molecule has 2 rings (SSSR count). The van der Waals surface area contributed by atoms with Gasteiger partial charge in [-0.25, -0.2) is 0 Å². The lowest BCUT2D eigenvalue weighted by Gasteiger charge is -2.31. The largest absolute Gasteiger partial charge is 0.347 e. The van der Waals surface area contributed by atoms with E-state index in [-0.39, 0.29) is 23.1 Å². The molecule has 7 heteroatoms. The van der Waals surface area contributed by atoms with Gasteiger partial charge in [-0.1, -0.05) is 23.0 Å². The molecule has 4 nitrogen and oxygen atoms in total. The maximum Gasteiger partial charge on any atom is 0.334 e. The monoisotopic (exact) mass is 366 g/mol. The highest BCUT2D eigenvalue weighted by Gasteiger charge is 2.62. The van der Waals surface area contributed by atoms with Crippen molar-refractivity contribution in [1.82, 2.24) is 0 Å². The molecule has 0 spiro atoms. The van der Waals surface area contributed by atoms with Gasteiger partial charge < -0.3 is 13.6 Å². The van der Waals surface area contributed by atoms with Crippen molar-refractivity contribution in [3.05, 3.63) is 11.1 Å². The smallest absolute Gasteiger partial charge is 0.334 e. The van der Waals surface area contributed by atoms with Crippen LogP contribution in [0.2, 0.25) is 0 Å². The molecule has 1 unspecified atom stereocenters. The van der Waals surface area contributed by atoms with Crippen LogP contribution in [0.1, 0.15) is 48.0 Å². The van der Waals surface area contributed by atoms with E-state index < -0.39 is 13.9 Å². The van der Waals surface area contributed by atoms with Gasteiger partial charge in [0.05, 0.1) is 31.2 Å². The third kappa shape index (κ3) is 2.94. The Labute approximate surface area is 139 Å². The molecule has 0 radical (unpaired) electrons. The topological polar surface area (TPSA) is 44.8 Å².